The molecule has 1 saturated heterocycles. The van der Waals surface area contributed by atoms with Gasteiger partial charge in [0, 0.05) is 12.2 Å². The van der Waals surface area contributed by atoms with Gasteiger partial charge in [-0.1, -0.05) is 0 Å². The van der Waals surface area contributed by atoms with Crippen LogP contribution in [0, 0.1) is 0 Å². The molecule has 0 aliphatic carbocycles. The Kier molecular flexibility index (Phi) is 2.11. The van der Waals surface area contributed by atoms with Crippen molar-refractivity contribution < 1.29 is 9.90 Å². The lowest BCUT2D eigenvalue weighted by Gasteiger charge is -2.24. The second kappa shape index (κ2) is 3.49. The van der Waals surface area contributed by atoms with Crippen LogP contribution in [0.15, 0.2) is 18.2 Å². The average Bonchev–Trinajstić information content (AvgIpc) is 2.83. The van der Waals surface area contributed by atoms with Crippen LogP contribution < -0.4 is 10.2 Å². The van der Waals surface area contributed by atoms with E-state index in [-0.39, 0.29) is 17.7 Å². The molecule has 0 bridgehead atoms. The molecule has 1 aromatic carbocycles. The van der Waals surface area contributed by atoms with Crippen LogP contribution in [0.25, 0.3) is 0 Å². The van der Waals surface area contributed by atoms with Crippen molar-refractivity contribution in [2.24, 2.45) is 0 Å². The standard InChI is InChI=1S/C12H14N2O2/c15-10-1-2-11-8(5-10)6-12(16)14(11)9-3-4-13-7-9/h1-2,5,9,13,15H,3-4,6-7H2. The first-order valence-electron chi connectivity index (χ1n) is 5.60. The molecule has 2 heterocycles. The third-order valence-electron chi connectivity index (χ3n) is 3.33. The van der Waals surface area contributed by atoms with E-state index in [1.165, 1.54) is 0 Å². The predicted molar refractivity (Wildman–Crippen MR) is 60.6 cm³/mol. The second-order valence-electron chi connectivity index (χ2n) is 4.40. The van der Waals surface area contributed by atoms with Crippen molar-refractivity contribution in [3.63, 3.8) is 0 Å². The molecule has 2 aliphatic rings. The molecule has 4 heteroatoms. The minimum absolute atomic E-state index is 0.148. The van der Waals surface area contributed by atoms with E-state index in [0.717, 1.165) is 30.8 Å². The van der Waals surface area contributed by atoms with Crippen molar-refractivity contribution in [3.8, 4) is 5.75 Å². The number of anilines is 1. The van der Waals surface area contributed by atoms with Gasteiger partial charge in [0.15, 0.2) is 0 Å². The van der Waals surface area contributed by atoms with Crippen LogP contribution in [0.4, 0.5) is 5.69 Å². The zero-order valence-corrected chi connectivity index (χ0v) is 8.94. The van der Waals surface area contributed by atoms with Crippen LogP contribution >= 0.6 is 0 Å². The number of nitrogens with one attached hydrogen (secondary N) is 1. The highest BCUT2D eigenvalue weighted by Gasteiger charge is 2.34. The van der Waals surface area contributed by atoms with Gasteiger partial charge in [-0.15, -0.1) is 0 Å². The molecule has 4 nitrogen and oxygen atoms in total. The van der Waals surface area contributed by atoms with Crippen LogP contribution in [0.2, 0.25) is 0 Å². The maximum atomic E-state index is 11.9. The number of carbonyl (C=O) groups is 1. The van der Waals surface area contributed by atoms with Crippen LogP contribution in [0.3, 0.4) is 0 Å². The van der Waals surface area contributed by atoms with Gasteiger partial charge in [-0.2, -0.15) is 0 Å². The van der Waals surface area contributed by atoms with Crippen LogP contribution in [0.5, 0.6) is 5.75 Å². The lowest BCUT2D eigenvalue weighted by molar-refractivity contribution is -0.117. The first-order chi connectivity index (χ1) is 7.75. The van der Waals surface area contributed by atoms with E-state index in [2.05, 4.69) is 5.32 Å². The number of fused-ring (bicyclic) bond motifs is 1. The van der Waals surface area contributed by atoms with Crippen LogP contribution in [-0.2, 0) is 11.2 Å². The zero-order valence-electron chi connectivity index (χ0n) is 8.94. The zero-order chi connectivity index (χ0) is 11.1. The van der Waals surface area contributed by atoms with Gasteiger partial charge < -0.3 is 15.3 Å². The molecule has 1 unspecified atom stereocenters. The Morgan fingerprint density at radius 2 is 2.31 bits per heavy atom. The maximum absolute atomic E-state index is 11.9. The summed E-state index contributed by atoms with van der Waals surface area (Å²) in [4.78, 5) is 13.8. The van der Waals surface area contributed by atoms with Gasteiger partial charge in [-0.25, -0.2) is 0 Å². The highest BCUT2D eigenvalue weighted by atomic mass is 16.3. The van der Waals surface area contributed by atoms with Gasteiger partial charge >= 0.3 is 0 Å². The SMILES string of the molecule is O=C1Cc2cc(O)ccc2N1C1CCNC1. The van der Waals surface area contributed by atoms with Crippen molar-refractivity contribution in [1.82, 2.24) is 5.32 Å². The average molecular weight is 218 g/mol. The van der Waals surface area contributed by atoms with E-state index in [9.17, 15) is 9.90 Å². The fourth-order valence-electron chi connectivity index (χ4n) is 2.59. The molecule has 1 atom stereocenters. The van der Waals surface area contributed by atoms with Crippen molar-refractivity contribution in [2.75, 3.05) is 18.0 Å². The summed E-state index contributed by atoms with van der Waals surface area (Å²) in [5.41, 5.74) is 1.91. The highest BCUT2D eigenvalue weighted by molar-refractivity contribution is 6.02. The lowest BCUT2D eigenvalue weighted by Crippen LogP contribution is -2.39. The van der Waals surface area contributed by atoms with Gasteiger partial charge in [0.2, 0.25) is 5.91 Å². The van der Waals surface area contributed by atoms with Crippen LogP contribution in [-0.4, -0.2) is 30.1 Å². The van der Waals surface area contributed by atoms with Crippen molar-refractivity contribution >= 4 is 11.6 Å². The number of benzene rings is 1. The maximum Gasteiger partial charge on any atom is 0.231 e. The Balaban J connectivity index is 1.98. The van der Waals surface area contributed by atoms with Gasteiger partial charge in [-0.3, -0.25) is 4.79 Å². The van der Waals surface area contributed by atoms with Gasteiger partial charge in [0.05, 0.1) is 12.5 Å². The Morgan fingerprint density at radius 1 is 1.44 bits per heavy atom. The number of rotatable bonds is 1. The summed E-state index contributed by atoms with van der Waals surface area (Å²) in [6, 6.07) is 5.45. The van der Waals surface area contributed by atoms with Gasteiger partial charge in [-0.05, 0) is 36.7 Å². The number of hydrogen-bond donors (Lipinski definition) is 2. The summed E-state index contributed by atoms with van der Waals surface area (Å²) < 4.78 is 0. The quantitative estimate of drug-likeness (QED) is 0.727. The summed E-state index contributed by atoms with van der Waals surface area (Å²) in [5, 5.41) is 12.7. The fraction of sp³-hybridized carbons (Fsp3) is 0.417. The van der Waals surface area contributed by atoms with Gasteiger partial charge in [0.1, 0.15) is 5.75 Å². The molecule has 2 N–H and O–H groups in total. The summed E-state index contributed by atoms with van der Waals surface area (Å²) in [6.45, 7) is 1.84. The molecule has 1 fully saturated rings. The third kappa shape index (κ3) is 1.38. The van der Waals surface area contributed by atoms with E-state index in [1.54, 1.807) is 12.1 Å². The first-order valence-corrected chi connectivity index (χ1v) is 5.60. The molecule has 2 aliphatic heterocycles. The Bertz CT molecular complexity index is 439. The third-order valence-corrected chi connectivity index (χ3v) is 3.33. The first kappa shape index (κ1) is 9.66. The monoisotopic (exact) mass is 218 g/mol. The van der Waals surface area contributed by atoms with E-state index < -0.39 is 0 Å². The van der Waals surface area contributed by atoms with Crippen molar-refractivity contribution in [1.29, 1.82) is 0 Å². The summed E-state index contributed by atoms with van der Waals surface area (Å²) in [5.74, 6) is 0.382. The number of nitrogens with zero attached hydrogens (tertiary/aromatic N) is 1. The van der Waals surface area contributed by atoms with Crippen molar-refractivity contribution in [3.05, 3.63) is 23.8 Å². The number of phenolic OH excluding ortho intramolecular Hbond substituents is 1. The van der Waals surface area contributed by atoms with E-state index >= 15 is 0 Å². The number of phenols is 1. The molecule has 0 aromatic heterocycles. The molecule has 0 radical (unpaired) electrons. The molecule has 0 saturated carbocycles. The molecule has 16 heavy (non-hydrogen) atoms. The van der Waals surface area contributed by atoms with Crippen LogP contribution in [0.1, 0.15) is 12.0 Å². The molecule has 84 valence electrons. The van der Waals surface area contributed by atoms with E-state index in [4.69, 9.17) is 0 Å². The molecular formula is C12H14N2O2. The number of hydrogen-bond acceptors (Lipinski definition) is 3. The highest BCUT2D eigenvalue weighted by Crippen LogP contribution is 2.34. The Hall–Kier alpha value is -1.55. The predicted octanol–water partition coefficient (Wildman–Crippen LogP) is 0.643. The minimum atomic E-state index is 0.148. The largest absolute Gasteiger partial charge is 0.508 e. The van der Waals surface area contributed by atoms with Gasteiger partial charge in [0.25, 0.3) is 0 Å². The van der Waals surface area contributed by atoms with E-state index in [1.807, 2.05) is 11.0 Å². The second-order valence-corrected chi connectivity index (χ2v) is 4.40. The topological polar surface area (TPSA) is 52.6 Å². The fourth-order valence-corrected chi connectivity index (χ4v) is 2.59. The molecular weight excluding hydrogens is 204 g/mol. The summed E-state index contributed by atoms with van der Waals surface area (Å²) in [7, 11) is 0. The summed E-state index contributed by atoms with van der Waals surface area (Å²) in [6.07, 6.45) is 1.42. The molecule has 0 spiro atoms. The number of carbonyl (C=O) groups excluding carboxylic acids is 1. The Labute approximate surface area is 93.9 Å². The lowest BCUT2D eigenvalue weighted by atomic mass is 10.1. The normalized spacial score (nSPS) is 23.9. The number of aromatic hydroxyl groups is 1. The molecule has 1 amide bonds. The minimum Gasteiger partial charge on any atom is -0.508 e. The Morgan fingerprint density at radius 3 is 3.06 bits per heavy atom. The smallest absolute Gasteiger partial charge is 0.231 e. The van der Waals surface area contributed by atoms with Crippen molar-refractivity contribution in [2.45, 2.75) is 18.9 Å². The summed E-state index contributed by atoms with van der Waals surface area (Å²) >= 11 is 0. The molecule has 1 aromatic rings. The molecule has 3 rings (SSSR count). The number of amides is 1. The van der Waals surface area contributed by atoms with E-state index in [0.29, 0.717) is 6.42 Å².